The summed E-state index contributed by atoms with van der Waals surface area (Å²) in [5, 5.41) is 12.0. The van der Waals surface area contributed by atoms with E-state index in [-0.39, 0.29) is 23.3 Å². The zero-order valence-electron chi connectivity index (χ0n) is 15.4. The van der Waals surface area contributed by atoms with Crippen molar-refractivity contribution >= 4 is 5.91 Å². The highest BCUT2D eigenvalue weighted by atomic mass is 16.5. The predicted octanol–water partition coefficient (Wildman–Crippen LogP) is 1.60. The van der Waals surface area contributed by atoms with E-state index in [1.165, 1.54) is 24.0 Å². The van der Waals surface area contributed by atoms with Crippen molar-refractivity contribution in [3.63, 3.8) is 0 Å². The molecule has 4 atom stereocenters. The standard InChI is InChI=1S/C21H28N2O3/c1-26-16-5-4-14-8-18-21(25)11-15(19(22)24)10-20(21,17(14)9-16)6-7-23(18)12-13-2-3-13/h4-5,9,13,15,18,25H,2-3,6-8,10-12H2,1H3,(H2,22,24)/t15-,18+,20+,21+/m0/s1. The van der Waals surface area contributed by atoms with Gasteiger partial charge in [-0.2, -0.15) is 0 Å². The minimum absolute atomic E-state index is 0.0853. The summed E-state index contributed by atoms with van der Waals surface area (Å²) in [6.45, 7) is 2.07. The Labute approximate surface area is 154 Å². The third kappa shape index (κ3) is 2.13. The van der Waals surface area contributed by atoms with Gasteiger partial charge in [-0.1, -0.05) is 6.07 Å². The number of likely N-dealkylation sites (tertiary alicyclic amines) is 1. The highest BCUT2D eigenvalue weighted by Gasteiger charge is 2.67. The quantitative estimate of drug-likeness (QED) is 0.859. The molecule has 2 saturated carbocycles. The smallest absolute Gasteiger partial charge is 0.220 e. The van der Waals surface area contributed by atoms with Crippen LogP contribution in [0.4, 0.5) is 0 Å². The van der Waals surface area contributed by atoms with Gasteiger partial charge in [-0.25, -0.2) is 0 Å². The van der Waals surface area contributed by atoms with E-state index >= 15 is 0 Å². The van der Waals surface area contributed by atoms with Gasteiger partial charge in [-0.15, -0.1) is 0 Å². The first-order valence-corrected chi connectivity index (χ1v) is 9.90. The highest BCUT2D eigenvalue weighted by molar-refractivity contribution is 5.78. The van der Waals surface area contributed by atoms with Crippen LogP contribution < -0.4 is 10.5 Å². The Morgan fingerprint density at radius 1 is 1.38 bits per heavy atom. The van der Waals surface area contributed by atoms with Crippen molar-refractivity contribution < 1.29 is 14.6 Å². The number of hydrogen-bond acceptors (Lipinski definition) is 4. The van der Waals surface area contributed by atoms with Crippen molar-refractivity contribution in [2.45, 2.75) is 55.6 Å². The second-order valence-electron chi connectivity index (χ2n) is 8.95. The molecule has 0 unspecified atom stereocenters. The van der Waals surface area contributed by atoms with Gasteiger partial charge in [-0.05, 0) is 74.2 Å². The third-order valence-corrected chi connectivity index (χ3v) is 7.64. The Bertz CT molecular complexity index is 762. The van der Waals surface area contributed by atoms with E-state index in [4.69, 9.17) is 10.5 Å². The molecule has 1 saturated heterocycles. The Morgan fingerprint density at radius 3 is 2.88 bits per heavy atom. The van der Waals surface area contributed by atoms with Crippen LogP contribution in [0.1, 0.15) is 43.2 Å². The zero-order valence-corrected chi connectivity index (χ0v) is 15.4. The van der Waals surface area contributed by atoms with Gasteiger partial charge in [0.2, 0.25) is 5.91 Å². The van der Waals surface area contributed by atoms with Gasteiger partial charge >= 0.3 is 0 Å². The van der Waals surface area contributed by atoms with Gasteiger partial charge in [-0.3, -0.25) is 9.69 Å². The fourth-order valence-corrected chi connectivity index (χ4v) is 6.15. The van der Waals surface area contributed by atoms with Crippen molar-refractivity contribution in [1.29, 1.82) is 0 Å². The van der Waals surface area contributed by atoms with Crippen LogP contribution >= 0.6 is 0 Å². The fraction of sp³-hybridized carbons (Fsp3) is 0.667. The van der Waals surface area contributed by atoms with Crippen LogP contribution in [0.25, 0.3) is 0 Å². The normalized spacial score (nSPS) is 38.5. The summed E-state index contributed by atoms with van der Waals surface area (Å²) in [5.74, 6) is 1.09. The Morgan fingerprint density at radius 2 is 2.19 bits per heavy atom. The topological polar surface area (TPSA) is 75.8 Å². The Hall–Kier alpha value is -1.59. The van der Waals surface area contributed by atoms with Crippen LogP contribution in [0.2, 0.25) is 0 Å². The third-order valence-electron chi connectivity index (χ3n) is 7.64. The second kappa shape index (κ2) is 5.46. The lowest BCUT2D eigenvalue weighted by atomic mass is 9.56. The molecule has 3 N–H and O–H groups in total. The van der Waals surface area contributed by atoms with Gasteiger partial charge in [0.15, 0.2) is 0 Å². The van der Waals surface area contributed by atoms with Crippen LogP contribution in [-0.2, 0) is 16.6 Å². The first-order chi connectivity index (χ1) is 12.5. The summed E-state index contributed by atoms with van der Waals surface area (Å²) in [5.41, 5.74) is 6.94. The van der Waals surface area contributed by atoms with Gasteiger partial charge in [0, 0.05) is 23.9 Å². The van der Waals surface area contributed by atoms with Crippen LogP contribution in [-0.4, -0.2) is 47.8 Å². The van der Waals surface area contributed by atoms with E-state index in [2.05, 4.69) is 17.0 Å². The van der Waals surface area contributed by atoms with E-state index in [1.54, 1.807) is 7.11 Å². The van der Waals surface area contributed by atoms with Crippen LogP contribution in [0.5, 0.6) is 5.75 Å². The minimum Gasteiger partial charge on any atom is -0.497 e. The number of piperidine rings is 1. The van der Waals surface area contributed by atoms with Crippen molar-refractivity contribution in [2.75, 3.05) is 20.2 Å². The SMILES string of the molecule is COc1ccc2c(c1)[C@]13CCN(CC4CC4)[C@H](C2)[C@]1(O)C[C@@H](C(N)=O)C3. The maximum atomic E-state index is 12.0. The number of nitrogens with two attached hydrogens (primary N) is 1. The van der Waals surface area contributed by atoms with Gasteiger partial charge in [0.1, 0.15) is 5.75 Å². The molecule has 1 aliphatic heterocycles. The lowest BCUT2D eigenvalue weighted by Crippen LogP contribution is -2.69. The molecule has 26 heavy (non-hydrogen) atoms. The summed E-state index contributed by atoms with van der Waals surface area (Å²) >= 11 is 0. The molecule has 3 aliphatic carbocycles. The monoisotopic (exact) mass is 356 g/mol. The molecule has 0 aromatic heterocycles. The van der Waals surface area contributed by atoms with Crippen LogP contribution in [0.3, 0.4) is 0 Å². The Kier molecular flexibility index (Phi) is 3.48. The molecule has 5 rings (SSSR count). The highest BCUT2D eigenvalue weighted by Crippen LogP contribution is 2.61. The van der Waals surface area contributed by atoms with Gasteiger partial charge < -0.3 is 15.6 Å². The summed E-state index contributed by atoms with van der Waals surface area (Å²) in [4.78, 5) is 14.6. The zero-order chi connectivity index (χ0) is 18.1. The summed E-state index contributed by atoms with van der Waals surface area (Å²) in [6, 6.07) is 6.35. The number of carbonyl (C=O) groups excluding carboxylic acids is 1. The van der Waals surface area contributed by atoms with Crippen LogP contribution in [0, 0.1) is 11.8 Å². The number of rotatable bonds is 4. The van der Waals surface area contributed by atoms with E-state index in [9.17, 15) is 9.90 Å². The molecular weight excluding hydrogens is 328 g/mol. The largest absolute Gasteiger partial charge is 0.497 e. The number of benzene rings is 1. The van der Waals surface area contributed by atoms with E-state index < -0.39 is 5.60 Å². The lowest BCUT2D eigenvalue weighted by Gasteiger charge is -2.59. The minimum atomic E-state index is -0.876. The molecule has 1 aromatic rings. The molecule has 140 valence electrons. The first-order valence-electron chi connectivity index (χ1n) is 9.90. The number of carbonyl (C=O) groups is 1. The number of methoxy groups -OCH3 is 1. The molecule has 5 heteroatoms. The maximum Gasteiger partial charge on any atom is 0.220 e. The lowest BCUT2D eigenvalue weighted by molar-refractivity contribution is -0.133. The second-order valence-corrected chi connectivity index (χ2v) is 8.95. The molecule has 2 bridgehead atoms. The van der Waals surface area contributed by atoms with E-state index in [1.807, 2.05) is 6.07 Å². The number of aliphatic hydroxyl groups is 1. The number of ether oxygens (including phenoxy) is 1. The number of hydrogen-bond donors (Lipinski definition) is 2. The van der Waals surface area contributed by atoms with E-state index in [0.717, 1.165) is 37.6 Å². The fourth-order valence-electron chi connectivity index (χ4n) is 6.15. The van der Waals surface area contributed by atoms with Crippen molar-refractivity contribution in [2.24, 2.45) is 17.6 Å². The Balaban J connectivity index is 1.63. The van der Waals surface area contributed by atoms with E-state index in [0.29, 0.717) is 12.8 Å². The van der Waals surface area contributed by atoms with Crippen molar-refractivity contribution in [1.82, 2.24) is 4.90 Å². The molecule has 5 nitrogen and oxygen atoms in total. The van der Waals surface area contributed by atoms with Crippen LogP contribution in [0.15, 0.2) is 18.2 Å². The first kappa shape index (κ1) is 16.6. The molecular formula is C21H28N2O3. The summed E-state index contributed by atoms with van der Waals surface area (Å²) in [7, 11) is 1.68. The summed E-state index contributed by atoms with van der Waals surface area (Å²) in [6.07, 6.45) is 5.50. The molecule has 0 spiro atoms. The number of primary amides is 1. The molecule has 1 heterocycles. The molecule has 1 aromatic carbocycles. The molecule has 0 radical (unpaired) electrons. The number of nitrogens with zero attached hydrogens (tertiary/aromatic N) is 1. The van der Waals surface area contributed by atoms with Crippen molar-refractivity contribution in [3.05, 3.63) is 29.3 Å². The van der Waals surface area contributed by atoms with Gasteiger partial charge in [0.25, 0.3) is 0 Å². The number of fused-ring (bicyclic) bond motifs is 1. The molecule has 3 fully saturated rings. The maximum absolute atomic E-state index is 12.0. The molecule has 4 aliphatic rings. The predicted molar refractivity (Wildman–Crippen MR) is 97.9 cm³/mol. The van der Waals surface area contributed by atoms with Gasteiger partial charge in [0.05, 0.1) is 12.7 Å². The number of amides is 1. The average Bonchev–Trinajstić information content (AvgIpc) is 3.36. The molecule has 1 amide bonds. The van der Waals surface area contributed by atoms with Crippen molar-refractivity contribution in [3.8, 4) is 5.75 Å². The summed E-state index contributed by atoms with van der Waals surface area (Å²) < 4.78 is 5.47. The average molecular weight is 356 g/mol.